The third-order valence-electron chi connectivity index (χ3n) is 2.19. The van der Waals surface area contributed by atoms with Gasteiger partial charge in [0, 0.05) is 12.5 Å². The first-order chi connectivity index (χ1) is 7.72. The number of carboxylic acid groups (broad SMARTS) is 1. The van der Waals surface area contributed by atoms with Crippen LogP contribution in [0.5, 0.6) is 0 Å². The van der Waals surface area contributed by atoms with Crippen LogP contribution in [0.15, 0.2) is 30.3 Å². The van der Waals surface area contributed by atoms with Crippen LogP contribution in [-0.4, -0.2) is 29.4 Å². The van der Waals surface area contributed by atoms with Crippen molar-refractivity contribution >= 4 is 5.97 Å². The molecular weight excluding hydrogens is 208 g/mol. The molecule has 4 heteroatoms. The molecule has 1 aromatic carbocycles. The molecule has 0 aromatic heterocycles. The zero-order chi connectivity index (χ0) is 11.8. The first-order valence-corrected chi connectivity index (χ1v) is 5.16. The third kappa shape index (κ3) is 4.91. The van der Waals surface area contributed by atoms with Crippen LogP contribution in [0, 0.1) is 5.92 Å². The van der Waals surface area contributed by atoms with E-state index in [0.717, 1.165) is 5.56 Å². The van der Waals surface area contributed by atoms with E-state index in [9.17, 15) is 4.79 Å². The van der Waals surface area contributed by atoms with E-state index in [1.165, 1.54) is 0 Å². The number of aliphatic carboxylic acids is 1. The first kappa shape index (κ1) is 12.7. The van der Waals surface area contributed by atoms with Crippen molar-refractivity contribution in [1.29, 1.82) is 0 Å². The molecule has 0 aliphatic rings. The Balaban J connectivity index is 2.26. The van der Waals surface area contributed by atoms with Crippen molar-refractivity contribution < 1.29 is 19.7 Å². The fourth-order valence-corrected chi connectivity index (χ4v) is 1.34. The average molecular weight is 224 g/mol. The molecule has 0 heterocycles. The predicted octanol–water partition coefficient (Wildman–Crippen LogP) is 1.29. The van der Waals surface area contributed by atoms with Crippen LogP contribution in [-0.2, 0) is 16.1 Å². The Bertz CT molecular complexity index is 310. The SMILES string of the molecule is O=C(O)CC(CO)COCc1ccccc1. The van der Waals surface area contributed by atoms with E-state index < -0.39 is 5.97 Å². The fraction of sp³-hybridized carbons (Fsp3) is 0.417. The molecule has 1 rings (SSSR count). The number of ether oxygens (including phenoxy) is 1. The first-order valence-electron chi connectivity index (χ1n) is 5.16. The molecule has 16 heavy (non-hydrogen) atoms. The summed E-state index contributed by atoms with van der Waals surface area (Å²) in [5.74, 6) is -1.25. The second-order valence-corrected chi connectivity index (χ2v) is 3.65. The van der Waals surface area contributed by atoms with Gasteiger partial charge in [-0.2, -0.15) is 0 Å². The van der Waals surface area contributed by atoms with Crippen molar-refractivity contribution in [2.45, 2.75) is 13.0 Å². The minimum absolute atomic E-state index is 0.0642. The predicted molar refractivity (Wildman–Crippen MR) is 58.9 cm³/mol. The van der Waals surface area contributed by atoms with E-state index in [0.29, 0.717) is 6.61 Å². The Morgan fingerprint density at radius 3 is 2.56 bits per heavy atom. The fourth-order valence-electron chi connectivity index (χ4n) is 1.34. The molecule has 0 radical (unpaired) electrons. The van der Waals surface area contributed by atoms with Gasteiger partial charge in [0.25, 0.3) is 0 Å². The van der Waals surface area contributed by atoms with E-state index in [-0.39, 0.29) is 25.6 Å². The van der Waals surface area contributed by atoms with E-state index in [1.54, 1.807) is 0 Å². The van der Waals surface area contributed by atoms with Gasteiger partial charge < -0.3 is 14.9 Å². The highest BCUT2D eigenvalue weighted by Crippen LogP contribution is 2.06. The quantitative estimate of drug-likeness (QED) is 0.732. The molecule has 2 N–H and O–H groups in total. The zero-order valence-corrected chi connectivity index (χ0v) is 9.00. The Labute approximate surface area is 94.5 Å². The van der Waals surface area contributed by atoms with Crippen LogP contribution >= 0.6 is 0 Å². The van der Waals surface area contributed by atoms with Crippen LogP contribution < -0.4 is 0 Å². The van der Waals surface area contributed by atoms with Crippen LogP contribution in [0.3, 0.4) is 0 Å². The van der Waals surface area contributed by atoms with Gasteiger partial charge in [0.15, 0.2) is 0 Å². The van der Waals surface area contributed by atoms with E-state index >= 15 is 0 Å². The van der Waals surface area contributed by atoms with Crippen LogP contribution in [0.2, 0.25) is 0 Å². The van der Waals surface area contributed by atoms with Gasteiger partial charge in [-0.15, -0.1) is 0 Å². The van der Waals surface area contributed by atoms with Gasteiger partial charge in [-0.05, 0) is 5.56 Å². The highest BCUT2D eigenvalue weighted by Gasteiger charge is 2.12. The molecule has 4 nitrogen and oxygen atoms in total. The number of hydrogen-bond donors (Lipinski definition) is 2. The molecule has 88 valence electrons. The molecule has 1 aromatic rings. The van der Waals surface area contributed by atoms with Gasteiger partial charge in [-0.1, -0.05) is 30.3 Å². The molecule has 1 atom stereocenters. The Morgan fingerprint density at radius 1 is 1.31 bits per heavy atom. The van der Waals surface area contributed by atoms with E-state index in [2.05, 4.69) is 0 Å². The normalized spacial score (nSPS) is 12.3. The van der Waals surface area contributed by atoms with Gasteiger partial charge in [0.1, 0.15) is 0 Å². The Hall–Kier alpha value is -1.39. The topological polar surface area (TPSA) is 66.8 Å². The Morgan fingerprint density at radius 2 is 2.00 bits per heavy atom. The van der Waals surface area contributed by atoms with Crippen molar-refractivity contribution in [2.24, 2.45) is 5.92 Å². The number of rotatable bonds is 7. The molecule has 0 saturated carbocycles. The number of carboxylic acids is 1. The molecule has 0 amide bonds. The van der Waals surface area contributed by atoms with Gasteiger partial charge in [-0.25, -0.2) is 0 Å². The molecule has 0 saturated heterocycles. The summed E-state index contributed by atoms with van der Waals surface area (Å²) in [5.41, 5.74) is 1.04. The number of aliphatic hydroxyl groups is 1. The van der Waals surface area contributed by atoms with Crippen LogP contribution in [0.4, 0.5) is 0 Å². The summed E-state index contributed by atoms with van der Waals surface area (Å²) in [6.07, 6.45) is -0.0642. The molecule has 0 aliphatic heterocycles. The summed E-state index contributed by atoms with van der Waals surface area (Å²) in [6.45, 7) is 0.537. The minimum atomic E-state index is -0.914. The number of aliphatic hydroxyl groups excluding tert-OH is 1. The standard InChI is InChI=1S/C12H16O4/c13-7-11(6-12(14)15)9-16-8-10-4-2-1-3-5-10/h1-5,11,13H,6-9H2,(H,14,15). The maximum Gasteiger partial charge on any atom is 0.303 e. The average Bonchev–Trinajstić information content (AvgIpc) is 2.28. The van der Waals surface area contributed by atoms with Crippen molar-refractivity contribution in [1.82, 2.24) is 0 Å². The van der Waals surface area contributed by atoms with Crippen molar-refractivity contribution in [2.75, 3.05) is 13.2 Å². The lowest BCUT2D eigenvalue weighted by atomic mass is 10.1. The van der Waals surface area contributed by atoms with Crippen molar-refractivity contribution in [3.05, 3.63) is 35.9 Å². The summed E-state index contributed by atoms with van der Waals surface area (Å²) in [6, 6.07) is 9.62. The van der Waals surface area contributed by atoms with Gasteiger partial charge >= 0.3 is 5.97 Å². The largest absolute Gasteiger partial charge is 0.481 e. The number of benzene rings is 1. The van der Waals surface area contributed by atoms with Crippen LogP contribution in [0.1, 0.15) is 12.0 Å². The summed E-state index contributed by atoms with van der Waals surface area (Å²) >= 11 is 0. The van der Waals surface area contributed by atoms with E-state index in [1.807, 2.05) is 30.3 Å². The summed E-state index contributed by atoms with van der Waals surface area (Å²) in [4.78, 5) is 10.4. The molecule has 0 fully saturated rings. The lowest BCUT2D eigenvalue weighted by molar-refractivity contribution is -0.139. The summed E-state index contributed by atoms with van der Waals surface area (Å²) in [5, 5.41) is 17.5. The minimum Gasteiger partial charge on any atom is -0.481 e. The van der Waals surface area contributed by atoms with Crippen LogP contribution in [0.25, 0.3) is 0 Å². The van der Waals surface area contributed by atoms with Crippen molar-refractivity contribution in [3.63, 3.8) is 0 Å². The number of carbonyl (C=O) groups is 1. The Kier molecular flexibility index (Phi) is 5.53. The van der Waals surface area contributed by atoms with Crippen molar-refractivity contribution in [3.8, 4) is 0 Å². The molecule has 0 bridgehead atoms. The second-order valence-electron chi connectivity index (χ2n) is 3.65. The molecule has 1 unspecified atom stereocenters. The highest BCUT2D eigenvalue weighted by molar-refractivity contribution is 5.67. The highest BCUT2D eigenvalue weighted by atomic mass is 16.5. The smallest absolute Gasteiger partial charge is 0.303 e. The molecule has 0 spiro atoms. The van der Waals surface area contributed by atoms with E-state index in [4.69, 9.17) is 14.9 Å². The second kappa shape index (κ2) is 6.98. The lowest BCUT2D eigenvalue weighted by Crippen LogP contribution is -2.17. The van der Waals surface area contributed by atoms with Gasteiger partial charge in [0.05, 0.1) is 19.6 Å². The maximum absolute atomic E-state index is 10.4. The number of hydrogen-bond acceptors (Lipinski definition) is 3. The van der Waals surface area contributed by atoms with Gasteiger partial charge in [0.2, 0.25) is 0 Å². The lowest BCUT2D eigenvalue weighted by Gasteiger charge is -2.11. The maximum atomic E-state index is 10.4. The monoisotopic (exact) mass is 224 g/mol. The molecular formula is C12H16O4. The molecule has 0 aliphatic carbocycles. The van der Waals surface area contributed by atoms with Gasteiger partial charge in [-0.3, -0.25) is 4.79 Å². The third-order valence-corrected chi connectivity index (χ3v) is 2.19. The summed E-state index contributed by atoms with van der Waals surface area (Å²) < 4.78 is 5.35. The summed E-state index contributed by atoms with van der Waals surface area (Å²) in [7, 11) is 0. The zero-order valence-electron chi connectivity index (χ0n) is 9.00.